The highest BCUT2D eigenvalue weighted by molar-refractivity contribution is 6.42. The highest BCUT2D eigenvalue weighted by Crippen LogP contribution is 2.26. The molecule has 1 aromatic heterocycles. The van der Waals surface area contributed by atoms with Crippen LogP contribution in [0.2, 0.25) is 10.0 Å². The van der Waals surface area contributed by atoms with E-state index in [9.17, 15) is 0 Å². The second-order valence-corrected chi connectivity index (χ2v) is 4.39. The second kappa shape index (κ2) is 5.94. The van der Waals surface area contributed by atoms with Crippen molar-refractivity contribution in [1.82, 2.24) is 9.55 Å². The number of benzene rings is 1. The van der Waals surface area contributed by atoms with Crippen LogP contribution in [0.1, 0.15) is 6.42 Å². The predicted octanol–water partition coefficient (Wildman–Crippen LogP) is 3.66. The molecule has 0 aliphatic rings. The zero-order valence-electron chi connectivity index (χ0n) is 9.14. The molecule has 0 saturated heterocycles. The lowest BCUT2D eigenvalue weighted by Crippen LogP contribution is -2.02. The lowest BCUT2D eigenvalue weighted by molar-refractivity contribution is 0.302. The number of rotatable bonds is 5. The molecule has 0 N–H and O–H groups in total. The first-order valence-electron chi connectivity index (χ1n) is 5.29. The number of hydrogen-bond donors (Lipinski definition) is 0. The van der Waals surface area contributed by atoms with E-state index in [4.69, 9.17) is 27.9 Å². The molecule has 0 saturated carbocycles. The molecule has 0 atom stereocenters. The Bertz CT molecular complexity index is 471. The van der Waals surface area contributed by atoms with Crippen molar-refractivity contribution in [2.24, 2.45) is 0 Å². The van der Waals surface area contributed by atoms with Gasteiger partial charge in [-0.15, -0.1) is 0 Å². The zero-order valence-corrected chi connectivity index (χ0v) is 10.7. The van der Waals surface area contributed by atoms with Crippen molar-refractivity contribution in [3.8, 4) is 5.75 Å². The number of nitrogens with zero attached hydrogens (tertiary/aromatic N) is 2. The molecule has 5 heteroatoms. The Balaban J connectivity index is 1.76. The van der Waals surface area contributed by atoms with Crippen molar-refractivity contribution < 1.29 is 4.74 Å². The van der Waals surface area contributed by atoms with Crippen molar-refractivity contribution in [2.45, 2.75) is 13.0 Å². The molecular formula is C12H12Cl2N2O. The summed E-state index contributed by atoms with van der Waals surface area (Å²) < 4.78 is 7.58. The van der Waals surface area contributed by atoms with Gasteiger partial charge in [-0.3, -0.25) is 0 Å². The fourth-order valence-corrected chi connectivity index (χ4v) is 1.71. The molecule has 90 valence electrons. The third-order valence-corrected chi connectivity index (χ3v) is 3.02. The van der Waals surface area contributed by atoms with Crippen molar-refractivity contribution in [3.05, 3.63) is 47.0 Å². The minimum Gasteiger partial charge on any atom is -0.493 e. The summed E-state index contributed by atoms with van der Waals surface area (Å²) in [6, 6.07) is 5.27. The van der Waals surface area contributed by atoms with E-state index >= 15 is 0 Å². The predicted molar refractivity (Wildman–Crippen MR) is 68.8 cm³/mol. The van der Waals surface area contributed by atoms with Crippen LogP contribution >= 0.6 is 23.2 Å². The van der Waals surface area contributed by atoms with Crippen LogP contribution in [-0.4, -0.2) is 16.2 Å². The fraction of sp³-hybridized carbons (Fsp3) is 0.250. The van der Waals surface area contributed by atoms with E-state index < -0.39 is 0 Å². The Morgan fingerprint density at radius 1 is 1.24 bits per heavy atom. The number of ether oxygens (including phenoxy) is 1. The van der Waals surface area contributed by atoms with E-state index in [0.717, 1.165) is 18.7 Å². The average molecular weight is 271 g/mol. The van der Waals surface area contributed by atoms with Crippen LogP contribution in [0.3, 0.4) is 0 Å². The summed E-state index contributed by atoms with van der Waals surface area (Å²) in [5, 5.41) is 1.05. The summed E-state index contributed by atoms with van der Waals surface area (Å²) >= 11 is 11.7. The zero-order chi connectivity index (χ0) is 12.1. The van der Waals surface area contributed by atoms with Crippen LogP contribution < -0.4 is 4.74 Å². The van der Waals surface area contributed by atoms with Crippen molar-refractivity contribution >= 4 is 23.2 Å². The molecule has 1 aromatic carbocycles. The van der Waals surface area contributed by atoms with Crippen LogP contribution in [0.5, 0.6) is 5.75 Å². The molecule has 0 aliphatic heterocycles. The van der Waals surface area contributed by atoms with Gasteiger partial charge in [0.25, 0.3) is 0 Å². The maximum Gasteiger partial charge on any atom is 0.120 e. The average Bonchev–Trinajstić information content (AvgIpc) is 2.82. The van der Waals surface area contributed by atoms with E-state index in [1.165, 1.54) is 0 Å². The monoisotopic (exact) mass is 270 g/mol. The van der Waals surface area contributed by atoms with Gasteiger partial charge < -0.3 is 9.30 Å². The van der Waals surface area contributed by atoms with Gasteiger partial charge in [-0.25, -0.2) is 4.98 Å². The molecule has 1 heterocycles. The van der Waals surface area contributed by atoms with Gasteiger partial charge in [0.1, 0.15) is 5.75 Å². The van der Waals surface area contributed by atoms with Gasteiger partial charge >= 0.3 is 0 Å². The standard InChI is InChI=1S/C12H12Cl2N2O/c13-11-3-2-10(8-12(11)14)17-7-1-5-16-6-4-15-9-16/h2-4,6,8-9H,1,5,7H2. The first-order chi connectivity index (χ1) is 8.25. The maximum atomic E-state index is 5.88. The lowest BCUT2D eigenvalue weighted by Gasteiger charge is -2.07. The number of aromatic nitrogens is 2. The SMILES string of the molecule is Clc1ccc(OCCCn2ccnc2)cc1Cl. The number of aryl methyl sites for hydroxylation is 1. The maximum absolute atomic E-state index is 5.88. The topological polar surface area (TPSA) is 27.1 Å². The van der Waals surface area contributed by atoms with Gasteiger partial charge in [-0.05, 0) is 18.6 Å². The molecule has 17 heavy (non-hydrogen) atoms. The van der Waals surface area contributed by atoms with Crippen LogP contribution in [0, 0.1) is 0 Å². The Morgan fingerprint density at radius 3 is 2.82 bits per heavy atom. The Hall–Kier alpha value is -1.19. The number of imidazole rings is 1. The molecule has 0 radical (unpaired) electrons. The second-order valence-electron chi connectivity index (χ2n) is 3.58. The molecule has 0 spiro atoms. The Kier molecular flexibility index (Phi) is 4.29. The first kappa shape index (κ1) is 12.3. The number of halogens is 2. The third-order valence-electron chi connectivity index (χ3n) is 2.28. The van der Waals surface area contributed by atoms with Crippen LogP contribution in [0.15, 0.2) is 36.9 Å². The van der Waals surface area contributed by atoms with Crippen LogP contribution in [0.4, 0.5) is 0 Å². The van der Waals surface area contributed by atoms with Crippen molar-refractivity contribution in [1.29, 1.82) is 0 Å². The van der Waals surface area contributed by atoms with E-state index in [1.54, 1.807) is 24.7 Å². The highest BCUT2D eigenvalue weighted by atomic mass is 35.5. The van der Waals surface area contributed by atoms with Gasteiger partial charge in [0.2, 0.25) is 0 Å². The molecule has 2 rings (SSSR count). The normalized spacial score (nSPS) is 10.5. The summed E-state index contributed by atoms with van der Waals surface area (Å²) in [6.07, 6.45) is 6.40. The minimum absolute atomic E-state index is 0.513. The van der Waals surface area contributed by atoms with E-state index in [0.29, 0.717) is 16.7 Å². The molecular weight excluding hydrogens is 259 g/mol. The summed E-state index contributed by atoms with van der Waals surface area (Å²) in [5.41, 5.74) is 0. The summed E-state index contributed by atoms with van der Waals surface area (Å²) in [6.45, 7) is 1.53. The summed E-state index contributed by atoms with van der Waals surface area (Å²) in [7, 11) is 0. The molecule has 0 amide bonds. The van der Waals surface area contributed by atoms with Crippen LogP contribution in [0.25, 0.3) is 0 Å². The third kappa shape index (κ3) is 3.65. The Labute approximate surface area is 110 Å². The minimum atomic E-state index is 0.513. The molecule has 0 fully saturated rings. The van der Waals surface area contributed by atoms with Gasteiger partial charge in [0.05, 0.1) is 23.0 Å². The lowest BCUT2D eigenvalue weighted by atomic mass is 10.3. The van der Waals surface area contributed by atoms with Gasteiger partial charge in [-0.2, -0.15) is 0 Å². The number of hydrogen-bond acceptors (Lipinski definition) is 2. The molecule has 0 bridgehead atoms. The molecule has 0 aliphatic carbocycles. The molecule has 3 nitrogen and oxygen atoms in total. The van der Waals surface area contributed by atoms with Crippen LogP contribution in [-0.2, 0) is 6.54 Å². The largest absolute Gasteiger partial charge is 0.493 e. The summed E-state index contributed by atoms with van der Waals surface area (Å²) in [5.74, 6) is 0.741. The van der Waals surface area contributed by atoms with Crippen molar-refractivity contribution in [2.75, 3.05) is 6.61 Å². The molecule has 0 unspecified atom stereocenters. The quantitative estimate of drug-likeness (QED) is 0.776. The smallest absolute Gasteiger partial charge is 0.120 e. The first-order valence-corrected chi connectivity index (χ1v) is 6.05. The van der Waals surface area contributed by atoms with Gasteiger partial charge in [-0.1, -0.05) is 23.2 Å². The van der Waals surface area contributed by atoms with E-state index in [2.05, 4.69) is 4.98 Å². The molecule has 2 aromatic rings. The summed E-state index contributed by atoms with van der Waals surface area (Å²) in [4.78, 5) is 3.97. The van der Waals surface area contributed by atoms with E-state index in [-0.39, 0.29) is 0 Å². The van der Waals surface area contributed by atoms with Gasteiger partial charge in [0.15, 0.2) is 0 Å². The Morgan fingerprint density at radius 2 is 2.12 bits per heavy atom. The van der Waals surface area contributed by atoms with E-state index in [1.807, 2.05) is 16.8 Å². The van der Waals surface area contributed by atoms with Crippen molar-refractivity contribution in [3.63, 3.8) is 0 Å². The highest BCUT2D eigenvalue weighted by Gasteiger charge is 2.00. The van der Waals surface area contributed by atoms with Gasteiger partial charge in [0, 0.05) is 25.0 Å². The fourth-order valence-electron chi connectivity index (χ4n) is 1.42.